The molecule has 0 spiro atoms. The monoisotopic (exact) mass is 495 g/mol. The summed E-state index contributed by atoms with van der Waals surface area (Å²) in [4.78, 5) is 2.24. The van der Waals surface area contributed by atoms with Gasteiger partial charge in [-0.05, 0) is 86.6 Å². The molecule has 0 aliphatic heterocycles. The van der Waals surface area contributed by atoms with Crippen LogP contribution in [-0.2, 0) is 0 Å². The minimum atomic E-state index is 0.497. The highest BCUT2D eigenvalue weighted by molar-refractivity contribution is 9.10. The summed E-state index contributed by atoms with van der Waals surface area (Å²) in [6, 6.07) is 33.1. The van der Waals surface area contributed by atoms with Crippen molar-refractivity contribution in [3.8, 4) is 22.9 Å². The van der Waals surface area contributed by atoms with Crippen LogP contribution in [0.15, 0.2) is 106 Å². The predicted molar refractivity (Wildman–Crippen MR) is 137 cm³/mol. The van der Waals surface area contributed by atoms with Crippen molar-refractivity contribution in [3.63, 3.8) is 0 Å². The quantitative estimate of drug-likeness (QED) is 0.246. The van der Waals surface area contributed by atoms with Crippen molar-refractivity contribution in [1.29, 1.82) is 0 Å². The molecular weight excluding hydrogens is 474 g/mol. The number of rotatable bonds is 5. The summed E-state index contributed by atoms with van der Waals surface area (Å²) >= 11 is 3.45. The van der Waals surface area contributed by atoms with Gasteiger partial charge >= 0.3 is 0 Å². The summed E-state index contributed by atoms with van der Waals surface area (Å²) in [6.07, 6.45) is 0. The minimum absolute atomic E-state index is 0.497. The average molecular weight is 496 g/mol. The van der Waals surface area contributed by atoms with Crippen LogP contribution in [0.1, 0.15) is 11.1 Å². The fourth-order valence-corrected chi connectivity index (χ4v) is 3.90. The topological polar surface area (TPSA) is 42.2 Å². The van der Waals surface area contributed by atoms with Crippen molar-refractivity contribution in [2.24, 2.45) is 0 Å². The van der Waals surface area contributed by atoms with E-state index in [0.717, 1.165) is 32.7 Å². The van der Waals surface area contributed by atoms with Gasteiger partial charge in [-0.1, -0.05) is 51.3 Å². The normalized spacial score (nSPS) is 10.9. The fraction of sp³-hybridized carbons (Fsp3) is 0.0714. The molecule has 0 saturated carbocycles. The lowest BCUT2D eigenvalue weighted by atomic mass is 10.1. The molecule has 0 bridgehead atoms. The molecule has 0 radical (unpaired) electrons. The molecule has 162 valence electrons. The number of anilines is 3. The highest BCUT2D eigenvalue weighted by Crippen LogP contribution is 2.36. The van der Waals surface area contributed by atoms with Crippen molar-refractivity contribution < 1.29 is 4.42 Å². The Balaban J connectivity index is 1.48. The zero-order chi connectivity index (χ0) is 22.8. The molecule has 5 aromatic rings. The third-order valence-corrected chi connectivity index (χ3v) is 6.00. The molecular formula is C28H22BrN3O. The summed E-state index contributed by atoms with van der Waals surface area (Å²) in [5, 5.41) is 8.47. The van der Waals surface area contributed by atoms with E-state index in [1.807, 2.05) is 36.4 Å². The molecule has 0 aliphatic rings. The van der Waals surface area contributed by atoms with E-state index in [9.17, 15) is 0 Å². The number of aromatic nitrogens is 2. The van der Waals surface area contributed by atoms with E-state index in [2.05, 4.69) is 106 Å². The first-order valence-corrected chi connectivity index (χ1v) is 11.5. The van der Waals surface area contributed by atoms with Gasteiger partial charge in [0.25, 0.3) is 0 Å². The number of benzene rings is 4. The Labute approximate surface area is 201 Å². The molecule has 0 unspecified atom stereocenters. The van der Waals surface area contributed by atoms with Gasteiger partial charge in [-0.25, -0.2) is 0 Å². The Morgan fingerprint density at radius 1 is 0.545 bits per heavy atom. The lowest BCUT2D eigenvalue weighted by Gasteiger charge is -2.25. The van der Waals surface area contributed by atoms with Crippen LogP contribution < -0.4 is 4.90 Å². The van der Waals surface area contributed by atoms with Crippen molar-refractivity contribution in [3.05, 3.63) is 113 Å². The number of aryl methyl sites for hydroxylation is 2. The van der Waals surface area contributed by atoms with Gasteiger partial charge in [0.15, 0.2) is 0 Å². The smallest absolute Gasteiger partial charge is 0.248 e. The predicted octanol–water partition coefficient (Wildman–Crippen LogP) is 8.25. The molecule has 1 aromatic heterocycles. The molecule has 4 aromatic carbocycles. The molecule has 0 atom stereocenters. The summed E-state index contributed by atoms with van der Waals surface area (Å²) < 4.78 is 6.95. The van der Waals surface area contributed by atoms with E-state index in [1.54, 1.807) is 0 Å². The average Bonchev–Trinajstić information content (AvgIpc) is 3.33. The molecule has 0 fully saturated rings. The van der Waals surface area contributed by atoms with Crippen molar-refractivity contribution in [2.75, 3.05) is 4.90 Å². The standard InChI is InChI=1S/C28H22BrN3O/c1-19-3-13-24(14-4-19)32(25-15-5-20(2)6-16-25)26-17-9-22(10-18-26)28-31-30-27(33-28)21-7-11-23(29)12-8-21/h3-18H,1-2H3. The molecule has 5 rings (SSSR count). The first-order chi connectivity index (χ1) is 16.1. The Hall–Kier alpha value is -3.70. The molecule has 0 saturated heterocycles. The lowest BCUT2D eigenvalue weighted by Crippen LogP contribution is -2.09. The number of hydrogen-bond acceptors (Lipinski definition) is 4. The Morgan fingerprint density at radius 3 is 1.33 bits per heavy atom. The zero-order valence-electron chi connectivity index (χ0n) is 18.4. The molecule has 4 nitrogen and oxygen atoms in total. The van der Waals surface area contributed by atoms with Crippen LogP contribution in [0.5, 0.6) is 0 Å². The maximum absolute atomic E-state index is 5.94. The van der Waals surface area contributed by atoms with Crippen LogP contribution >= 0.6 is 15.9 Å². The first kappa shape index (κ1) is 21.2. The molecule has 33 heavy (non-hydrogen) atoms. The van der Waals surface area contributed by atoms with Gasteiger partial charge in [0.2, 0.25) is 11.8 Å². The van der Waals surface area contributed by atoms with Gasteiger partial charge in [-0.2, -0.15) is 0 Å². The van der Waals surface area contributed by atoms with E-state index in [-0.39, 0.29) is 0 Å². The Bertz CT molecular complexity index is 1310. The summed E-state index contributed by atoms with van der Waals surface area (Å²) in [5.41, 5.74) is 7.49. The fourth-order valence-electron chi connectivity index (χ4n) is 3.64. The maximum atomic E-state index is 5.94. The van der Waals surface area contributed by atoms with Gasteiger partial charge in [0, 0.05) is 32.7 Å². The largest absolute Gasteiger partial charge is 0.416 e. The van der Waals surface area contributed by atoms with Gasteiger partial charge < -0.3 is 9.32 Å². The van der Waals surface area contributed by atoms with Crippen LogP contribution in [0.2, 0.25) is 0 Å². The van der Waals surface area contributed by atoms with Crippen molar-refractivity contribution in [1.82, 2.24) is 10.2 Å². The van der Waals surface area contributed by atoms with E-state index in [0.29, 0.717) is 11.8 Å². The van der Waals surface area contributed by atoms with Crippen LogP contribution in [0.25, 0.3) is 22.9 Å². The maximum Gasteiger partial charge on any atom is 0.248 e. The van der Waals surface area contributed by atoms with Crippen molar-refractivity contribution in [2.45, 2.75) is 13.8 Å². The van der Waals surface area contributed by atoms with Crippen LogP contribution in [0.4, 0.5) is 17.1 Å². The lowest BCUT2D eigenvalue weighted by molar-refractivity contribution is 0.584. The summed E-state index contributed by atoms with van der Waals surface area (Å²) in [6.45, 7) is 4.20. The van der Waals surface area contributed by atoms with E-state index in [1.165, 1.54) is 11.1 Å². The van der Waals surface area contributed by atoms with Gasteiger partial charge in [0.1, 0.15) is 0 Å². The Kier molecular flexibility index (Phi) is 5.80. The van der Waals surface area contributed by atoms with Crippen LogP contribution in [-0.4, -0.2) is 10.2 Å². The molecule has 0 amide bonds. The third-order valence-electron chi connectivity index (χ3n) is 5.47. The Morgan fingerprint density at radius 2 is 0.909 bits per heavy atom. The number of hydrogen-bond donors (Lipinski definition) is 0. The van der Waals surface area contributed by atoms with E-state index in [4.69, 9.17) is 4.42 Å². The molecule has 0 N–H and O–H groups in total. The molecule has 0 aliphatic carbocycles. The SMILES string of the molecule is Cc1ccc(N(c2ccc(C)cc2)c2ccc(-c3nnc(-c4ccc(Br)cc4)o3)cc2)cc1. The first-order valence-electron chi connectivity index (χ1n) is 10.7. The number of halogens is 1. The van der Waals surface area contributed by atoms with Crippen LogP contribution in [0, 0.1) is 13.8 Å². The number of nitrogens with zero attached hydrogens (tertiary/aromatic N) is 3. The molecule has 1 heterocycles. The highest BCUT2D eigenvalue weighted by atomic mass is 79.9. The van der Waals surface area contributed by atoms with E-state index >= 15 is 0 Å². The molecule has 5 heteroatoms. The summed E-state index contributed by atoms with van der Waals surface area (Å²) in [7, 11) is 0. The highest BCUT2D eigenvalue weighted by Gasteiger charge is 2.14. The second kappa shape index (κ2) is 9.04. The van der Waals surface area contributed by atoms with Gasteiger partial charge in [-0.15, -0.1) is 10.2 Å². The van der Waals surface area contributed by atoms with Crippen molar-refractivity contribution >= 4 is 33.0 Å². The zero-order valence-corrected chi connectivity index (χ0v) is 20.0. The van der Waals surface area contributed by atoms with Crippen LogP contribution in [0.3, 0.4) is 0 Å². The van der Waals surface area contributed by atoms with Gasteiger partial charge in [-0.3, -0.25) is 0 Å². The minimum Gasteiger partial charge on any atom is -0.416 e. The second-order valence-corrected chi connectivity index (χ2v) is 8.89. The second-order valence-electron chi connectivity index (χ2n) is 7.97. The van der Waals surface area contributed by atoms with Gasteiger partial charge in [0.05, 0.1) is 0 Å². The van der Waals surface area contributed by atoms with E-state index < -0.39 is 0 Å². The third kappa shape index (κ3) is 4.59. The summed E-state index contributed by atoms with van der Waals surface area (Å²) in [5.74, 6) is 0.999.